The maximum atomic E-state index is 13.6. The number of ether oxygens (including phenoxy) is 2. The van der Waals surface area contributed by atoms with Crippen molar-refractivity contribution in [2.24, 2.45) is 0 Å². The van der Waals surface area contributed by atoms with Crippen molar-refractivity contribution in [3.05, 3.63) is 88.9 Å². The minimum Gasteiger partial charge on any atom is -0.457 e. The van der Waals surface area contributed by atoms with Crippen LogP contribution in [0, 0.1) is 0 Å². The molecular formula is C28H25ClF3N3O4. The van der Waals surface area contributed by atoms with Crippen LogP contribution in [0.5, 0.6) is 11.5 Å². The van der Waals surface area contributed by atoms with Crippen molar-refractivity contribution in [1.82, 2.24) is 9.80 Å². The van der Waals surface area contributed by atoms with Crippen LogP contribution < -0.4 is 9.64 Å². The van der Waals surface area contributed by atoms with Gasteiger partial charge in [0.25, 0.3) is 0 Å². The summed E-state index contributed by atoms with van der Waals surface area (Å²) in [6.45, 7) is 1.57. The monoisotopic (exact) mass is 559 g/mol. The number of anilines is 1. The topological polar surface area (TPSA) is 62.3 Å². The third-order valence-electron chi connectivity index (χ3n) is 6.63. The number of halogens is 4. The zero-order valence-corrected chi connectivity index (χ0v) is 21.5. The van der Waals surface area contributed by atoms with Gasteiger partial charge in [0.15, 0.2) is 0 Å². The summed E-state index contributed by atoms with van der Waals surface area (Å²) >= 11 is 5.92. The van der Waals surface area contributed by atoms with Crippen LogP contribution in [0.25, 0.3) is 0 Å². The van der Waals surface area contributed by atoms with Crippen molar-refractivity contribution < 1.29 is 32.2 Å². The average molecular weight is 560 g/mol. The summed E-state index contributed by atoms with van der Waals surface area (Å²) < 4.78 is 51.6. The number of morpholine rings is 1. The highest BCUT2D eigenvalue weighted by molar-refractivity contribution is 6.30. The lowest BCUT2D eigenvalue weighted by Crippen LogP contribution is -2.46. The van der Waals surface area contributed by atoms with Gasteiger partial charge in [0.1, 0.15) is 18.0 Å². The zero-order chi connectivity index (χ0) is 27.6. The number of rotatable bonds is 6. The van der Waals surface area contributed by atoms with Gasteiger partial charge in [-0.1, -0.05) is 23.7 Å². The minimum absolute atomic E-state index is 0.0548. The van der Waals surface area contributed by atoms with Crippen LogP contribution in [0.3, 0.4) is 0 Å². The van der Waals surface area contributed by atoms with Crippen LogP contribution in [0.2, 0.25) is 5.02 Å². The molecule has 3 amide bonds. The van der Waals surface area contributed by atoms with Crippen LogP contribution in [-0.2, 0) is 15.7 Å². The van der Waals surface area contributed by atoms with Gasteiger partial charge in [-0.05, 0) is 66.2 Å². The van der Waals surface area contributed by atoms with E-state index in [4.69, 9.17) is 21.1 Å². The van der Waals surface area contributed by atoms with Crippen molar-refractivity contribution in [1.29, 1.82) is 0 Å². The first kappa shape index (κ1) is 26.8. The van der Waals surface area contributed by atoms with Crippen LogP contribution >= 0.6 is 11.6 Å². The summed E-state index contributed by atoms with van der Waals surface area (Å²) in [5.74, 6) is 0.838. The summed E-state index contributed by atoms with van der Waals surface area (Å²) in [6, 6.07) is 17.2. The lowest BCUT2D eigenvalue weighted by Gasteiger charge is -2.28. The molecule has 7 nitrogen and oxygen atoms in total. The number of carbonyl (C=O) groups is 2. The second-order valence-corrected chi connectivity index (χ2v) is 9.65. The van der Waals surface area contributed by atoms with E-state index in [1.165, 1.54) is 15.9 Å². The van der Waals surface area contributed by atoms with E-state index in [0.29, 0.717) is 54.1 Å². The fourth-order valence-corrected chi connectivity index (χ4v) is 4.77. The Morgan fingerprint density at radius 3 is 2.26 bits per heavy atom. The Labute approximate surface area is 228 Å². The summed E-state index contributed by atoms with van der Waals surface area (Å²) in [5.41, 5.74) is -0.0184. The van der Waals surface area contributed by atoms with Gasteiger partial charge >= 0.3 is 12.2 Å². The molecule has 0 spiro atoms. The Balaban J connectivity index is 1.42. The fourth-order valence-electron chi connectivity index (χ4n) is 4.64. The van der Waals surface area contributed by atoms with Gasteiger partial charge in [0.2, 0.25) is 5.91 Å². The number of nitrogens with zero attached hydrogens (tertiary/aromatic N) is 3. The zero-order valence-electron chi connectivity index (χ0n) is 20.7. The van der Waals surface area contributed by atoms with Gasteiger partial charge in [-0.25, -0.2) is 4.79 Å². The smallest absolute Gasteiger partial charge is 0.416 e. The van der Waals surface area contributed by atoms with Gasteiger partial charge in [-0.3, -0.25) is 9.69 Å². The van der Waals surface area contributed by atoms with Gasteiger partial charge in [0, 0.05) is 30.3 Å². The molecule has 204 valence electrons. The fraction of sp³-hybridized carbons (Fsp3) is 0.286. The number of alkyl halides is 3. The van der Waals surface area contributed by atoms with E-state index < -0.39 is 23.8 Å². The molecule has 2 aliphatic heterocycles. The first-order valence-electron chi connectivity index (χ1n) is 12.3. The summed E-state index contributed by atoms with van der Waals surface area (Å²) in [6.07, 6.45) is -4.53. The largest absolute Gasteiger partial charge is 0.457 e. The van der Waals surface area contributed by atoms with Crippen LogP contribution in [0.1, 0.15) is 17.2 Å². The van der Waals surface area contributed by atoms with E-state index in [0.717, 1.165) is 12.1 Å². The van der Waals surface area contributed by atoms with Gasteiger partial charge in [0.05, 0.1) is 24.8 Å². The second kappa shape index (κ2) is 11.2. The van der Waals surface area contributed by atoms with Crippen molar-refractivity contribution in [3.8, 4) is 11.5 Å². The number of amides is 3. The average Bonchev–Trinajstić information content (AvgIpc) is 3.26. The maximum Gasteiger partial charge on any atom is 0.416 e. The molecule has 0 saturated carbocycles. The Morgan fingerprint density at radius 2 is 1.62 bits per heavy atom. The molecular weight excluding hydrogens is 535 g/mol. The summed E-state index contributed by atoms with van der Waals surface area (Å²) in [5, 5.41) is 0.572. The van der Waals surface area contributed by atoms with Gasteiger partial charge in [-0.15, -0.1) is 0 Å². The number of carbonyl (C=O) groups excluding carboxylic acids is 2. The Kier molecular flexibility index (Phi) is 7.67. The number of benzene rings is 3. The Morgan fingerprint density at radius 1 is 0.974 bits per heavy atom. The number of hydrogen-bond donors (Lipinski definition) is 0. The SMILES string of the molecule is O=C(CN1CC(c2cccc(C(F)(F)F)c2)N(c2ccc(Oc3ccc(Cl)cc3)cc2)C1=O)N1CCOCC1. The van der Waals surface area contributed by atoms with Crippen molar-refractivity contribution in [2.45, 2.75) is 12.2 Å². The molecule has 0 bridgehead atoms. The van der Waals surface area contributed by atoms with Crippen LogP contribution in [-0.4, -0.2) is 61.1 Å². The van der Waals surface area contributed by atoms with E-state index in [1.807, 2.05) is 0 Å². The number of hydrogen-bond acceptors (Lipinski definition) is 4. The van der Waals surface area contributed by atoms with Crippen LogP contribution in [0.4, 0.5) is 23.7 Å². The summed E-state index contributed by atoms with van der Waals surface area (Å²) in [7, 11) is 0. The first-order valence-corrected chi connectivity index (χ1v) is 12.7. The van der Waals surface area contributed by atoms with Crippen molar-refractivity contribution >= 4 is 29.2 Å². The highest BCUT2D eigenvalue weighted by Crippen LogP contribution is 2.38. The van der Waals surface area contributed by atoms with Crippen LogP contribution in [0.15, 0.2) is 72.8 Å². The van der Waals surface area contributed by atoms with E-state index in [1.54, 1.807) is 59.5 Å². The maximum absolute atomic E-state index is 13.6. The molecule has 2 fully saturated rings. The third kappa shape index (κ3) is 6.12. The molecule has 1 atom stereocenters. The lowest BCUT2D eigenvalue weighted by molar-refractivity contribution is -0.137. The second-order valence-electron chi connectivity index (χ2n) is 9.22. The molecule has 2 aliphatic rings. The van der Waals surface area contributed by atoms with E-state index >= 15 is 0 Å². The van der Waals surface area contributed by atoms with Crippen molar-refractivity contribution in [3.63, 3.8) is 0 Å². The normalized spacial score (nSPS) is 18.0. The van der Waals surface area contributed by atoms with Crippen molar-refractivity contribution in [2.75, 3.05) is 44.3 Å². The first-order chi connectivity index (χ1) is 18.7. The molecule has 3 aromatic carbocycles. The molecule has 0 N–H and O–H groups in total. The van der Waals surface area contributed by atoms with Gasteiger partial charge in [-0.2, -0.15) is 13.2 Å². The van der Waals surface area contributed by atoms with E-state index in [-0.39, 0.29) is 19.0 Å². The highest BCUT2D eigenvalue weighted by Gasteiger charge is 2.41. The number of urea groups is 1. The predicted octanol–water partition coefficient (Wildman–Crippen LogP) is 5.99. The third-order valence-corrected chi connectivity index (χ3v) is 6.89. The summed E-state index contributed by atoms with van der Waals surface area (Å²) in [4.78, 5) is 30.9. The molecule has 11 heteroatoms. The molecule has 2 heterocycles. The minimum atomic E-state index is -4.53. The molecule has 39 heavy (non-hydrogen) atoms. The molecule has 5 rings (SSSR count). The lowest BCUT2D eigenvalue weighted by atomic mass is 10.0. The predicted molar refractivity (Wildman–Crippen MR) is 139 cm³/mol. The molecule has 1 unspecified atom stereocenters. The highest BCUT2D eigenvalue weighted by atomic mass is 35.5. The molecule has 0 aromatic heterocycles. The standard InChI is InChI=1S/C28H25ClF3N3O4/c29-21-4-8-23(9-5-21)39-24-10-6-22(7-11-24)35-25(19-2-1-3-20(16-19)28(30,31)32)17-34(27(35)37)18-26(36)33-12-14-38-15-13-33/h1-11,16,25H,12-15,17-18H2. The van der Waals surface area contributed by atoms with E-state index in [2.05, 4.69) is 0 Å². The van der Waals surface area contributed by atoms with E-state index in [9.17, 15) is 22.8 Å². The Hall–Kier alpha value is -3.76. The molecule has 0 aliphatic carbocycles. The van der Waals surface area contributed by atoms with Gasteiger partial charge < -0.3 is 19.3 Å². The molecule has 3 aromatic rings. The quantitative estimate of drug-likeness (QED) is 0.372. The molecule has 2 saturated heterocycles. The molecule has 0 radical (unpaired) electrons. The Bertz CT molecular complexity index is 1330.